The van der Waals surface area contributed by atoms with Gasteiger partial charge in [0.05, 0.1) is 0 Å². The van der Waals surface area contributed by atoms with Gasteiger partial charge in [0.1, 0.15) is 6.10 Å². The Bertz CT molecular complexity index is 561. The third kappa shape index (κ3) is 2.31. The van der Waals surface area contributed by atoms with Crippen LogP contribution in [0.15, 0.2) is 29.2 Å². The number of hydrogen-bond donors (Lipinski definition) is 0. The molecule has 2 aromatic rings. The van der Waals surface area contributed by atoms with E-state index in [1.807, 2.05) is 12.4 Å². The second kappa shape index (κ2) is 5.14. The molecule has 3 saturated heterocycles. The number of fused-ring (bicyclic) bond motifs is 3. The van der Waals surface area contributed by atoms with Gasteiger partial charge in [0.15, 0.2) is 0 Å². The molecule has 0 spiro atoms. The molecular weight excluding hydrogens is 270 g/mol. The van der Waals surface area contributed by atoms with Gasteiger partial charge in [0, 0.05) is 24.5 Å². The molecule has 3 fully saturated rings. The molecule has 0 aliphatic carbocycles. The topological polar surface area (TPSA) is 38.2 Å². The van der Waals surface area contributed by atoms with E-state index in [2.05, 4.69) is 31.7 Å². The molecule has 2 aromatic heterocycles. The maximum absolute atomic E-state index is 6.00. The standard InChI is InChI=1S/C15H17N3OS/c1-4-18-5-2-11(1)14(9-18)19-15-16-7-13(8-17-15)12-3-6-20-10-12/h3,6-8,10-11,14H,1-2,4-5,9H2/t14-/m0/s1. The van der Waals surface area contributed by atoms with Crippen molar-refractivity contribution in [1.29, 1.82) is 0 Å². The second-order valence-electron chi connectivity index (χ2n) is 5.56. The summed E-state index contributed by atoms with van der Waals surface area (Å²) in [4.78, 5) is 11.2. The lowest BCUT2D eigenvalue weighted by atomic mass is 9.86. The van der Waals surface area contributed by atoms with Crippen molar-refractivity contribution in [3.05, 3.63) is 29.2 Å². The zero-order valence-electron chi connectivity index (χ0n) is 11.2. The minimum atomic E-state index is 0.268. The van der Waals surface area contributed by atoms with Gasteiger partial charge in [0.25, 0.3) is 0 Å². The van der Waals surface area contributed by atoms with Gasteiger partial charge in [-0.05, 0) is 54.2 Å². The molecule has 0 N–H and O–H groups in total. The summed E-state index contributed by atoms with van der Waals surface area (Å²) in [5, 5.41) is 4.17. The van der Waals surface area contributed by atoms with Crippen molar-refractivity contribution in [3.8, 4) is 17.1 Å². The quantitative estimate of drug-likeness (QED) is 0.870. The Kier molecular flexibility index (Phi) is 3.16. The first-order valence-corrected chi connectivity index (χ1v) is 8.06. The molecule has 5 heteroatoms. The molecule has 0 unspecified atom stereocenters. The number of ether oxygens (including phenoxy) is 1. The Morgan fingerprint density at radius 2 is 1.95 bits per heavy atom. The van der Waals surface area contributed by atoms with Gasteiger partial charge >= 0.3 is 6.01 Å². The van der Waals surface area contributed by atoms with Gasteiger partial charge in [0.2, 0.25) is 0 Å². The molecule has 104 valence electrons. The van der Waals surface area contributed by atoms with Gasteiger partial charge in [-0.3, -0.25) is 4.90 Å². The Hall–Kier alpha value is -1.46. The zero-order valence-corrected chi connectivity index (χ0v) is 12.1. The van der Waals surface area contributed by atoms with E-state index in [0.29, 0.717) is 11.9 Å². The van der Waals surface area contributed by atoms with Crippen molar-refractivity contribution in [3.63, 3.8) is 0 Å². The molecule has 0 radical (unpaired) electrons. The van der Waals surface area contributed by atoms with Gasteiger partial charge in [-0.25, -0.2) is 9.97 Å². The first-order valence-electron chi connectivity index (χ1n) is 7.12. The molecule has 20 heavy (non-hydrogen) atoms. The summed E-state index contributed by atoms with van der Waals surface area (Å²) < 4.78 is 6.00. The molecule has 5 rings (SSSR count). The summed E-state index contributed by atoms with van der Waals surface area (Å²) in [6, 6.07) is 2.60. The van der Waals surface area contributed by atoms with Crippen LogP contribution in [0.1, 0.15) is 12.8 Å². The summed E-state index contributed by atoms with van der Waals surface area (Å²) >= 11 is 1.68. The van der Waals surface area contributed by atoms with E-state index < -0.39 is 0 Å². The molecular formula is C15H17N3OS. The van der Waals surface area contributed by atoms with Crippen LogP contribution in [-0.4, -0.2) is 40.6 Å². The van der Waals surface area contributed by atoms with Gasteiger partial charge < -0.3 is 4.74 Å². The van der Waals surface area contributed by atoms with Crippen molar-refractivity contribution >= 4 is 11.3 Å². The average Bonchev–Trinajstić information content (AvgIpc) is 3.04. The summed E-state index contributed by atoms with van der Waals surface area (Å²) in [6.45, 7) is 3.48. The van der Waals surface area contributed by atoms with E-state index in [0.717, 1.165) is 12.1 Å². The fourth-order valence-electron chi connectivity index (χ4n) is 3.13. The Balaban J connectivity index is 1.47. The lowest BCUT2D eigenvalue weighted by Gasteiger charge is -2.43. The third-order valence-electron chi connectivity index (χ3n) is 4.34. The fraction of sp³-hybridized carbons (Fsp3) is 0.467. The molecule has 5 heterocycles. The van der Waals surface area contributed by atoms with Crippen LogP contribution in [0.25, 0.3) is 11.1 Å². The van der Waals surface area contributed by atoms with Crippen LogP contribution in [0.2, 0.25) is 0 Å². The van der Waals surface area contributed by atoms with Crippen LogP contribution >= 0.6 is 11.3 Å². The highest BCUT2D eigenvalue weighted by molar-refractivity contribution is 7.08. The van der Waals surface area contributed by atoms with Crippen LogP contribution < -0.4 is 4.74 Å². The Morgan fingerprint density at radius 1 is 1.15 bits per heavy atom. The zero-order chi connectivity index (χ0) is 13.4. The summed E-state index contributed by atoms with van der Waals surface area (Å²) in [7, 11) is 0. The smallest absolute Gasteiger partial charge is 0.316 e. The minimum Gasteiger partial charge on any atom is -0.458 e. The number of piperidine rings is 3. The normalized spacial score (nSPS) is 28.5. The van der Waals surface area contributed by atoms with Crippen molar-refractivity contribution in [1.82, 2.24) is 14.9 Å². The number of aromatic nitrogens is 2. The summed E-state index contributed by atoms with van der Waals surface area (Å²) in [5.74, 6) is 0.681. The predicted octanol–water partition coefficient (Wildman–Crippen LogP) is 2.68. The number of nitrogens with zero attached hydrogens (tertiary/aromatic N) is 3. The highest BCUT2D eigenvalue weighted by Gasteiger charge is 2.35. The molecule has 4 nitrogen and oxygen atoms in total. The largest absolute Gasteiger partial charge is 0.458 e. The monoisotopic (exact) mass is 287 g/mol. The SMILES string of the molecule is c1cc(-c2cnc(O[C@H]3CN4CCC3CC4)nc2)cs1. The van der Waals surface area contributed by atoms with Crippen LogP contribution in [0, 0.1) is 5.92 Å². The molecule has 0 saturated carbocycles. The van der Waals surface area contributed by atoms with E-state index in [4.69, 9.17) is 4.74 Å². The Labute approximate surface area is 122 Å². The minimum absolute atomic E-state index is 0.268. The molecule has 3 aliphatic heterocycles. The van der Waals surface area contributed by atoms with Crippen LogP contribution in [0.3, 0.4) is 0 Å². The lowest BCUT2D eigenvalue weighted by molar-refractivity contribution is -0.0123. The van der Waals surface area contributed by atoms with Crippen LogP contribution in [-0.2, 0) is 0 Å². The van der Waals surface area contributed by atoms with E-state index in [1.54, 1.807) is 11.3 Å². The maximum Gasteiger partial charge on any atom is 0.316 e. The number of rotatable bonds is 3. The first-order chi connectivity index (χ1) is 9.88. The van der Waals surface area contributed by atoms with Gasteiger partial charge in [-0.2, -0.15) is 11.3 Å². The van der Waals surface area contributed by atoms with E-state index >= 15 is 0 Å². The average molecular weight is 287 g/mol. The Morgan fingerprint density at radius 3 is 2.55 bits per heavy atom. The van der Waals surface area contributed by atoms with Gasteiger partial charge in [-0.1, -0.05) is 0 Å². The highest BCUT2D eigenvalue weighted by Crippen LogP contribution is 2.30. The molecule has 0 amide bonds. The van der Waals surface area contributed by atoms with Crippen molar-refractivity contribution < 1.29 is 4.74 Å². The predicted molar refractivity (Wildman–Crippen MR) is 78.9 cm³/mol. The molecule has 3 aliphatic rings. The number of hydrogen-bond acceptors (Lipinski definition) is 5. The van der Waals surface area contributed by atoms with Gasteiger partial charge in [-0.15, -0.1) is 0 Å². The fourth-order valence-corrected chi connectivity index (χ4v) is 3.80. The maximum atomic E-state index is 6.00. The van der Waals surface area contributed by atoms with E-state index in [-0.39, 0.29) is 6.10 Å². The molecule has 2 bridgehead atoms. The third-order valence-corrected chi connectivity index (χ3v) is 5.02. The lowest BCUT2D eigenvalue weighted by Crippen LogP contribution is -2.52. The summed E-state index contributed by atoms with van der Waals surface area (Å²) in [6.07, 6.45) is 6.47. The van der Waals surface area contributed by atoms with Crippen molar-refractivity contribution in [2.24, 2.45) is 5.92 Å². The first kappa shape index (κ1) is 12.3. The van der Waals surface area contributed by atoms with Crippen molar-refractivity contribution in [2.45, 2.75) is 18.9 Å². The van der Waals surface area contributed by atoms with E-state index in [1.165, 1.54) is 31.5 Å². The molecule has 0 aromatic carbocycles. The highest BCUT2D eigenvalue weighted by atomic mass is 32.1. The van der Waals surface area contributed by atoms with E-state index in [9.17, 15) is 0 Å². The molecule has 1 atom stereocenters. The van der Waals surface area contributed by atoms with Crippen molar-refractivity contribution in [2.75, 3.05) is 19.6 Å². The second-order valence-corrected chi connectivity index (χ2v) is 6.34. The van der Waals surface area contributed by atoms with Crippen LogP contribution in [0.5, 0.6) is 6.01 Å². The summed E-state index contributed by atoms with van der Waals surface area (Å²) in [5.41, 5.74) is 2.22. The number of thiophene rings is 1. The van der Waals surface area contributed by atoms with Crippen LogP contribution in [0.4, 0.5) is 0 Å².